The van der Waals surface area contributed by atoms with E-state index in [2.05, 4.69) is 18.0 Å². The first-order valence-corrected chi connectivity index (χ1v) is 9.33. The molecule has 2 aromatic rings. The van der Waals surface area contributed by atoms with Crippen LogP contribution in [0.2, 0.25) is 0 Å². The summed E-state index contributed by atoms with van der Waals surface area (Å²) in [6, 6.07) is 8.44. The van der Waals surface area contributed by atoms with Crippen molar-refractivity contribution in [3.05, 3.63) is 29.3 Å². The van der Waals surface area contributed by atoms with Crippen molar-refractivity contribution in [3.63, 3.8) is 0 Å². The molecule has 0 radical (unpaired) electrons. The zero-order valence-electron chi connectivity index (χ0n) is 14.5. The molecule has 1 saturated heterocycles. The number of halogens is 2. The average Bonchev–Trinajstić information content (AvgIpc) is 2.97. The van der Waals surface area contributed by atoms with E-state index in [1.165, 1.54) is 4.70 Å². The number of likely N-dealkylation sites (tertiary alicyclic amines) is 1. The van der Waals surface area contributed by atoms with Gasteiger partial charge in [0.05, 0.1) is 15.2 Å². The predicted octanol–water partition coefficient (Wildman–Crippen LogP) is 4.05. The Morgan fingerprint density at radius 2 is 2.00 bits per heavy atom. The van der Waals surface area contributed by atoms with Gasteiger partial charge < -0.3 is 10.6 Å². The summed E-state index contributed by atoms with van der Waals surface area (Å²) in [6.45, 7) is 3.80. The number of nitrogens with two attached hydrogens (primary N) is 1. The Balaban J connectivity index is 0.00000156. The SMILES string of the molecule is CC(N)C1CCN(C(=O)CCCc2nc3ccccc3s2)CC1.Cl.Cl. The lowest BCUT2D eigenvalue weighted by atomic mass is 9.91. The second-order valence-electron chi connectivity index (χ2n) is 6.51. The second kappa shape index (κ2) is 10.3. The molecule has 1 aliphatic rings. The van der Waals surface area contributed by atoms with Crippen LogP contribution in [-0.2, 0) is 11.2 Å². The van der Waals surface area contributed by atoms with Gasteiger partial charge in [-0.1, -0.05) is 12.1 Å². The first-order chi connectivity index (χ1) is 11.1. The fourth-order valence-corrected chi connectivity index (χ4v) is 4.26. The quantitative estimate of drug-likeness (QED) is 0.818. The summed E-state index contributed by atoms with van der Waals surface area (Å²) in [6.07, 6.45) is 4.48. The lowest BCUT2D eigenvalue weighted by Gasteiger charge is -2.33. The van der Waals surface area contributed by atoms with Crippen LogP contribution in [0.4, 0.5) is 0 Å². The fraction of sp³-hybridized carbons (Fsp3) is 0.556. The average molecular weight is 404 g/mol. The van der Waals surface area contributed by atoms with E-state index in [0.717, 1.165) is 49.3 Å². The maximum atomic E-state index is 12.3. The molecule has 0 bridgehead atoms. The summed E-state index contributed by atoms with van der Waals surface area (Å²) in [5.41, 5.74) is 7.02. The van der Waals surface area contributed by atoms with Crippen molar-refractivity contribution in [2.24, 2.45) is 11.7 Å². The van der Waals surface area contributed by atoms with Gasteiger partial charge >= 0.3 is 0 Å². The summed E-state index contributed by atoms with van der Waals surface area (Å²) in [5.74, 6) is 0.857. The van der Waals surface area contributed by atoms with E-state index < -0.39 is 0 Å². The molecule has 1 aromatic heterocycles. The number of aromatic nitrogens is 1. The highest BCUT2D eigenvalue weighted by molar-refractivity contribution is 7.18. The minimum atomic E-state index is 0. The summed E-state index contributed by atoms with van der Waals surface area (Å²) in [5, 5.41) is 1.13. The normalized spacial score (nSPS) is 16.2. The van der Waals surface area contributed by atoms with Crippen molar-refractivity contribution in [3.8, 4) is 0 Å². The number of para-hydroxylation sites is 1. The minimum absolute atomic E-state index is 0. The molecule has 25 heavy (non-hydrogen) atoms. The molecule has 1 amide bonds. The largest absolute Gasteiger partial charge is 0.343 e. The third kappa shape index (κ3) is 5.81. The van der Waals surface area contributed by atoms with Crippen LogP contribution in [0.1, 0.15) is 37.6 Å². The topological polar surface area (TPSA) is 59.2 Å². The van der Waals surface area contributed by atoms with Gasteiger partial charge in [0.2, 0.25) is 5.91 Å². The lowest BCUT2D eigenvalue weighted by Crippen LogP contribution is -2.42. The molecule has 1 unspecified atom stereocenters. The molecular formula is C18H27Cl2N3OS. The standard InChI is InChI=1S/C18H25N3OS.2ClH/c1-13(19)14-9-11-21(12-10-14)18(22)8-4-7-17-20-15-5-2-3-6-16(15)23-17;;/h2-3,5-6,13-14H,4,7-12,19H2,1H3;2*1H. The number of nitrogens with zero attached hydrogens (tertiary/aromatic N) is 2. The molecule has 7 heteroatoms. The van der Waals surface area contributed by atoms with Gasteiger partial charge in [0, 0.05) is 25.6 Å². The Morgan fingerprint density at radius 3 is 2.64 bits per heavy atom. The molecule has 0 spiro atoms. The maximum absolute atomic E-state index is 12.3. The smallest absolute Gasteiger partial charge is 0.222 e. The highest BCUT2D eigenvalue weighted by atomic mass is 35.5. The van der Waals surface area contributed by atoms with Gasteiger partial charge in [-0.3, -0.25) is 4.79 Å². The van der Waals surface area contributed by atoms with E-state index in [0.29, 0.717) is 12.3 Å². The summed E-state index contributed by atoms with van der Waals surface area (Å²) in [7, 11) is 0. The van der Waals surface area contributed by atoms with E-state index in [1.54, 1.807) is 11.3 Å². The number of piperidine rings is 1. The number of carbonyl (C=O) groups excluding carboxylic acids is 1. The van der Waals surface area contributed by atoms with Gasteiger partial charge in [-0.2, -0.15) is 0 Å². The third-order valence-electron chi connectivity index (χ3n) is 4.76. The first kappa shape index (κ1) is 22.2. The van der Waals surface area contributed by atoms with Gasteiger partial charge in [0.15, 0.2) is 0 Å². The molecule has 2 N–H and O–H groups in total. The van der Waals surface area contributed by atoms with E-state index >= 15 is 0 Å². The number of thiazole rings is 1. The minimum Gasteiger partial charge on any atom is -0.343 e. The fourth-order valence-electron chi connectivity index (χ4n) is 3.25. The first-order valence-electron chi connectivity index (χ1n) is 8.51. The van der Waals surface area contributed by atoms with Crippen molar-refractivity contribution in [1.82, 2.24) is 9.88 Å². The Morgan fingerprint density at radius 1 is 1.32 bits per heavy atom. The zero-order chi connectivity index (χ0) is 16.2. The van der Waals surface area contributed by atoms with E-state index in [9.17, 15) is 4.79 Å². The molecule has 2 heterocycles. The van der Waals surface area contributed by atoms with Crippen molar-refractivity contribution in [2.45, 2.75) is 45.1 Å². The summed E-state index contributed by atoms with van der Waals surface area (Å²) < 4.78 is 1.23. The van der Waals surface area contributed by atoms with Crippen molar-refractivity contribution < 1.29 is 4.79 Å². The molecule has 1 aromatic carbocycles. The number of hydrogen-bond donors (Lipinski definition) is 1. The van der Waals surface area contributed by atoms with Crippen LogP contribution >= 0.6 is 36.2 Å². The number of hydrogen-bond acceptors (Lipinski definition) is 4. The monoisotopic (exact) mass is 403 g/mol. The molecule has 0 saturated carbocycles. The molecule has 3 rings (SSSR count). The predicted molar refractivity (Wildman–Crippen MR) is 110 cm³/mol. The van der Waals surface area contributed by atoms with Gasteiger partial charge in [-0.05, 0) is 50.7 Å². The van der Waals surface area contributed by atoms with Crippen LogP contribution in [-0.4, -0.2) is 34.9 Å². The molecule has 1 aliphatic heterocycles. The van der Waals surface area contributed by atoms with Crippen LogP contribution in [0.15, 0.2) is 24.3 Å². The molecule has 1 fully saturated rings. The number of fused-ring (bicyclic) bond motifs is 1. The van der Waals surface area contributed by atoms with Crippen LogP contribution in [0.25, 0.3) is 10.2 Å². The van der Waals surface area contributed by atoms with Crippen LogP contribution < -0.4 is 5.73 Å². The molecular weight excluding hydrogens is 377 g/mol. The van der Waals surface area contributed by atoms with Gasteiger partial charge in [-0.25, -0.2) is 4.98 Å². The molecule has 1 atom stereocenters. The van der Waals surface area contributed by atoms with Crippen LogP contribution in [0, 0.1) is 5.92 Å². The van der Waals surface area contributed by atoms with E-state index in [1.807, 2.05) is 23.1 Å². The number of carbonyl (C=O) groups is 1. The Bertz CT molecular complexity index is 636. The van der Waals surface area contributed by atoms with E-state index in [-0.39, 0.29) is 36.8 Å². The highest BCUT2D eigenvalue weighted by Crippen LogP contribution is 2.23. The van der Waals surface area contributed by atoms with Crippen molar-refractivity contribution in [2.75, 3.05) is 13.1 Å². The van der Waals surface area contributed by atoms with Crippen molar-refractivity contribution in [1.29, 1.82) is 0 Å². The molecule has 0 aliphatic carbocycles. The van der Waals surface area contributed by atoms with Gasteiger partial charge in [0.25, 0.3) is 0 Å². The number of aryl methyl sites for hydroxylation is 1. The number of amides is 1. The molecule has 4 nitrogen and oxygen atoms in total. The maximum Gasteiger partial charge on any atom is 0.222 e. The second-order valence-corrected chi connectivity index (χ2v) is 7.62. The number of rotatable bonds is 5. The Kier molecular flexibility index (Phi) is 9.14. The highest BCUT2D eigenvalue weighted by Gasteiger charge is 2.24. The van der Waals surface area contributed by atoms with Gasteiger partial charge in [-0.15, -0.1) is 36.2 Å². The molecule has 140 valence electrons. The summed E-state index contributed by atoms with van der Waals surface area (Å²) >= 11 is 1.74. The Labute approximate surface area is 166 Å². The van der Waals surface area contributed by atoms with Crippen LogP contribution in [0.5, 0.6) is 0 Å². The zero-order valence-corrected chi connectivity index (χ0v) is 17.0. The lowest BCUT2D eigenvalue weighted by molar-refractivity contribution is -0.132. The van der Waals surface area contributed by atoms with Gasteiger partial charge in [0.1, 0.15) is 0 Å². The van der Waals surface area contributed by atoms with Crippen molar-refractivity contribution >= 4 is 52.3 Å². The number of benzene rings is 1. The third-order valence-corrected chi connectivity index (χ3v) is 5.85. The Hall–Kier alpha value is -0.880. The van der Waals surface area contributed by atoms with E-state index in [4.69, 9.17) is 5.73 Å². The van der Waals surface area contributed by atoms with Crippen LogP contribution in [0.3, 0.4) is 0 Å². The summed E-state index contributed by atoms with van der Waals surface area (Å²) in [4.78, 5) is 19.0.